The maximum absolute atomic E-state index is 13.3. The smallest absolute Gasteiger partial charge is 0.254 e. The van der Waals surface area contributed by atoms with Crippen molar-refractivity contribution < 1.29 is 18.0 Å². The molecule has 0 radical (unpaired) electrons. The van der Waals surface area contributed by atoms with Crippen LogP contribution in [0, 0.1) is 0 Å². The zero-order valence-corrected chi connectivity index (χ0v) is 19.2. The largest absolute Gasteiger partial charge is 0.324 e. The normalized spacial score (nSPS) is 15.7. The van der Waals surface area contributed by atoms with Crippen LogP contribution in [-0.2, 0) is 27.8 Å². The van der Waals surface area contributed by atoms with Crippen LogP contribution < -0.4 is 5.32 Å². The van der Waals surface area contributed by atoms with Crippen LogP contribution in [-0.4, -0.2) is 49.6 Å². The Balaban J connectivity index is 1.59. The lowest BCUT2D eigenvalue weighted by Crippen LogP contribution is -2.50. The van der Waals surface area contributed by atoms with Gasteiger partial charge < -0.3 is 10.2 Å². The molecule has 0 unspecified atom stereocenters. The minimum absolute atomic E-state index is 0.137. The predicted molar refractivity (Wildman–Crippen MR) is 126 cm³/mol. The number of rotatable bonds is 5. The summed E-state index contributed by atoms with van der Waals surface area (Å²) in [5.74, 6) is -0.533. The fourth-order valence-corrected chi connectivity index (χ4v) is 4.77. The SMILES string of the molecule is CN(C)S(=O)(=O)c1ccc(NC(=O)[C@@H]2Cc3ccccc3CN2C(=O)c2ccccc2)cc1. The van der Waals surface area contributed by atoms with Crippen LogP contribution in [0.4, 0.5) is 5.69 Å². The Bertz CT molecular complexity index is 1270. The van der Waals surface area contributed by atoms with Crippen LogP contribution in [0.25, 0.3) is 0 Å². The minimum Gasteiger partial charge on any atom is -0.324 e. The van der Waals surface area contributed by atoms with E-state index in [9.17, 15) is 18.0 Å². The van der Waals surface area contributed by atoms with E-state index >= 15 is 0 Å². The van der Waals surface area contributed by atoms with Gasteiger partial charge in [0.2, 0.25) is 15.9 Å². The average molecular weight is 464 g/mol. The van der Waals surface area contributed by atoms with Crippen molar-refractivity contribution in [1.82, 2.24) is 9.21 Å². The fourth-order valence-electron chi connectivity index (χ4n) is 3.86. The maximum Gasteiger partial charge on any atom is 0.254 e. The summed E-state index contributed by atoms with van der Waals surface area (Å²) in [5.41, 5.74) is 3.03. The van der Waals surface area contributed by atoms with Crippen molar-refractivity contribution in [2.45, 2.75) is 23.9 Å². The second kappa shape index (κ2) is 9.17. The third-order valence-electron chi connectivity index (χ3n) is 5.73. The first-order chi connectivity index (χ1) is 15.8. The number of nitrogens with zero attached hydrogens (tertiary/aromatic N) is 2. The third-order valence-corrected chi connectivity index (χ3v) is 7.56. The number of fused-ring (bicyclic) bond motifs is 1. The summed E-state index contributed by atoms with van der Waals surface area (Å²) in [6.07, 6.45) is 0.397. The zero-order chi connectivity index (χ0) is 23.6. The van der Waals surface area contributed by atoms with Gasteiger partial charge in [-0.1, -0.05) is 42.5 Å². The molecular weight excluding hydrogens is 438 g/mol. The molecule has 0 bridgehead atoms. The van der Waals surface area contributed by atoms with E-state index in [0.717, 1.165) is 15.4 Å². The Kier molecular flexibility index (Phi) is 6.31. The van der Waals surface area contributed by atoms with E-state index in [-0.39, 0.29) is 16.7 Å². The molecule has 3 aromatic carbocycles. The van der Waals surface area contributed by atoms with Crippen LogP contribution >= 0.6 is 0 Å². The van der Waals surface area contributed by atoms with Crippen molar-refractivity contribution in [2.24, 2.45) is 0 Å². The van der Waals surface area contributed by atoms with Crippen LogP contribution in [0.15, 0.2) is 83.8 Å². The van der Waals surface area contributed by atoms with Gasteiger partial charge in [0.15, 0.2) is 0 Å². The van der Waals surface area contributed by atoms with E-state index in [1.165, 1.54) is 26.2 Å². The molecule has 2 amide bonds. The van der Waals surface area contributed by atoms with Crippen molar-refractivity contribution in [2.75, 3.05) is 19.4 Å². The van der Waals surface area contributed by atoms with Crippen molar-refractivity contribution in [3.05, 3.63) is 95.6 Å². The molecule has 1 aliphatic heterocycles. The van der Waals surface area contributed by atoms with Gasteiger partial charge in [-0.2, -0.15) is 0 Å². The number of hydrogen-bond acceptors (Lipinski definition) is 4. The Labute approximate surface area is 193 Å². The monoisotopic (exact) mass is 463 g/mol. The molecule has 33 heavy (non-hydrogen) atoms. The summed E-state index contributed by atoms with van der Waals surface area (Å²) in [5, 5.41) is 2.85. The number of sulfonamides is 1. The summed E-state index contributed by atoms with van der Waals surface area (Å²) in [6.45, 7) is 0.335. The summed E-state index contributed by atoms with van der Waals surface area (Å²) < 4.78 is 25.7. The Hall–Kier alpha value is -3.49. The summed E-state index contributed by atoms with van der Waals surface area (Å²) in [6, 6.07) is 22.0. The third kappa shape index (κ3) is 4.67. The molecule has 170 valence electrons. The lowest BCUT2D eigenvalue weighted by molar-refractivity contribution is -0.121. The maximum atomic E-state index is 13.3. The van der Waals surface area contributed by atoms with Crippen molar-refractivity contribution in [3.63, 3.8) is 0 Å². The molecule has 0 saturated carbocycles. The van der Waals surface area contributed by atoms with E-state index in [2.05, 4.69) is 5.32 Å². The van der Waals surface area contributed by atoms with Gasteiger partial charge >= 0.3 is 0 Å². The molecule has 1 aliphatic rings. The first kappa shape index (κ1) is 22.7. The van der Waals surface area contributed by atoms with Crippen LogP contribution in [0.2, 0.25) is 0 Å². The molecule has 1 N–H and O–H groups in total. The van der Waals surface area contributed by atoms with Gasteiger partial charge in [0, 0.05) is 38.3 Å². The number of benzene rings is 3. The number of amides is 2. The average Bonchev–Trinajstić information content (AvgIpc) is 2.83. The highest BCUT2D eigenvalue weighted by molar-refractivity contribution is 7.89. The highest BCUT2D eigenvalue weighted by Crippen LogP contribution is 2.26. The number of carbonyl (C=O) groups excluding carboxylic acids is 2. The molecule has 7 nitrogen and oxygen atoms in total. The fraction of sp³-hybridized carbons (Fsp3) is 0.200. The van der Waals surface area contributed by atoms with Gasteiger partial charge in [-0.25, -0.2) is 12.7 Å². The molecule has 0 saturated heterocycles. The zero-order valence-electron chi connectivity index (χ0n) is 18.4. The quantitative estimate of drug-likeness (QED) is 0.630. The summed E-state index contributed by atoms with van der Waals surface area (Å²) in [4.78, 5) is 28.3. The Morgan fingerprint density at radius 2 is 1.48 bits per heavy atom. The molecule has 0 spiro atoms. The molecule has 1 atom stereocenters. The van der Waals surface area contributed by atoms with Crippen molar-refractivity contribution >= 4 is 27.5 Å². The molecule has 0 fully saturated rings. The van der Waals surface area contributed by atoms with E-state index in [1.54, 1.807) is 41.3 Å². The summed E-state index contributed by atoms with van der Waals surface area (Å²) in [7, 11) is -0.634. The number of nitrogens with one attached hydrogen (secondary N) is 1. The Morgan fingerprint density at radius 3 is 2.12 bits per heavy atom. The van der Waals surface area contributed by atoms with E-state index in [0.29, 0.717) is 24.2 Å². The first-order valence-electron chi connectivity index (χ1n) is 10.5. The van der Waals surface area contributed by atoms with Gasteiger partial charge in [-0.3, -0.25) is 9.59 Å². The van der Waals surface area contributed by atoms with E-state index in [4.69, 9.17) is 0 Å². The van der Waals surface area contributed by atoms with Crippen molar-refractivity contribution in [3.8, 4) is 0 Å². The lowest BCUT2D eigenvalue weighted by Gasteiger charge is -2.36. The lowest BCUT2D eigenvalue weighted by atomic mass is 9.92. The van der Waals surface area contributed by atoms with E-state index in [1.807, 2.05) is 30.3 Å². The van der Waals surface area contributed by atoms with Gasteiger partial charge in [0.1, 0.15) is 6.04 Å². The molecule has 4 rings (SSSR count). The summed E-state index contributed by atoms with van der Waals surface area (Å²) >= 11 is 0. The highest BCUT2D eigenvalue weighted by Gasteiger charge is 2.35. The topological polar surface area (TPSA) is 86.8 Å². The molecule has 0 aromatic heterocycles. The van der Waals surface area contributed by atoms with Crippen LogP contribution in [0.1, 0.15) is 21.5 Å². The number of hydrogen-bond donors (Lipinski definition) is 1. The first-order valence-corrected chi connectivity index (χ1v) is 12.0. The van der Waals surface area contributed by atoms with Gasteiger partial charge in [-0.15, -0.1) is 0 Å². The second-order valence-corrected chi connectivity index (χ2v) is 10.2. The molecule has 0 aliphatic carbocycles. The number of carbonyl (C=O) groups is 2. The minimum atomic E-state index is -3.56. The predicted octanol–water partition coefficient (Wildman–Crippen LogP) is 3.14. The van der Waals surface area contributed by atoms with Crippen LogP contribution in [0.3, 0.4) is 0 Å². The van der Waals surface area contributed by atoms with Gasteiger partial charge in [0.25, 0.3) is 5.91 Å². The highest BCUT2D eigenvalue weighted by atomic mass is 32.2. The molecule has 1 heterocycles. The molecule has 8 heteroatoms. The second-order valence-electron chi connectivity index (χ2n) is 8.09. The molecule has 3 aromatic rings. The number of anilines is 1. The van der Waals surface area contributed by atoms with Crippen LogP contribution in [0.5, 0.6) is 0 Å². The van der Waals surface area contributed by atoms with Gasteiger partial charge in [-0.05, 0) is 47.5 Å². The Morgan fingerprint density at radius 1 is 0.879 bits per heavy atom. The molecular formula is C25H25N3O4S. The van der Waals surface area contributed by atoms with Crippen molar-refractivity contribution in [1.29, 1.82) is 0 Å². The van der Waals surface area contributed by atoms with E-state index < -0.39 is 16.1 Å². The standard InChI is InChI=1S/C25H25N3O4S/c1-27(2)33(31,32)22-14-12-21(13-15-22)26-24(29)23-16-19-10-6-7-11-20(19)17-28(23)25(30)18-8-4-3-5-9-18/h3-15,23H,16-17H2,1-2H3,(H,26,29)/t23-/m0/s1. The van der Waals surface area contributed by atoms with Gasteiger partial charge in [0.05, 0.1) is 4.90 Å².